The number of rotatable bonds is 4. The Kier molecular flexibility index (Phi) is 5.23. The molecule has 19 heavy (non-hydrogen) atoms. The van der Waals surface area contributed by atoms with Crippen molar-refractivity contribution in [3.63, 3.8) is 0 Å². The third kappa shape index (κ3) is 3.91. The van der Waals surface area contributed by atoms with Gasteiger partial charge in [0, 0.05) is 24.3 Å². The van der Waals surface area contributed by atoms with E-state index in [0.717, 1.165) is 0 Å². The van der Waals surface area contributed by atoms with Gasteiger partial charge in [0.2, 0.25) is 0 Å². The molecule has 1 rings (SSSR count). The van der Waals surface area contributed by atoms with E-state index in [4.69, 9.17) is 0 Å². The summed E-state index contributed by atoms with van der Waals surface area (Å²) < 4.78 is 0. The molecule has 0 bridgehead atoms. The molecule has 0 saturated heterocycles. The van der Waals surface area contributed by atoms with Gasteiger partial charge in [-0.3, -0.25) is 14.4 Å². The first-order chi connectivity index (χ1) is 8.99. The lowest BCUT2D eigenvalue weighted by Gasteiger charge is -2.17. The maximum atomic E-state index is 11.7. The number of ketones is 1. The van der Waals surface area contributed by atoms with E-state index in [1.54, 1.807) is 24.3 Å². The van der Waals surface area contributed by atoms with Crippen LogP contribution in [0.25, 0.3) is 0 Å². The predicted molar refractivity (Wildman–Crippen MR) is 73.0 cm³/mol. The van der Waals surface area contributed by atoms with Crippen LogP contribution in [0, 0.1) is 0 Å². The van der Waals surface area contributed by atoms with Crippen molar-refractivity contribution in [3.05, 3.63) is 29.8 Å². The molecule has 0 aliphatic rings. The quantitative estimate of drug-likeness (QED) is 0.663. The zero-order valence-corrected chi connectivity index (χ0v) is 11.4. The summed E-state index contributed by atoms with van der Waals surface area (Å²) in [6, 6.07) is 6.42. The number of hydrogen-bond acceptors (Lipinski definition) is 3. The van der Waals surface area contributed by atoms with Gasteiger partial charge in [-0.2, -0.15) is 0 Å². The standard InChI is InChI=1S/C14H18N2O3/c1-4-16(5-2)14(19)13(18)15-12-8-6-11(7-9-12)10(3)17/h6-9H,4-5H2,1-3H3,(H,15,18). The second kappa shape index (κ2) is 6.68. The predicted octanol–water partition coefficient (Wildman–Crippen LogP) is 1.70. The van der Waals surface area contributed by atoms with Crippen LogP contribution >= 0.6 is 0 Å². The highest BCUT2D eigenvalue weighted by Gasteiger charge is 2.19. The molecule has 1 N–H and O–H groups in total. The summed E-state index contributed by atoms with van der Waals surface area (Å²) in [5.74, 6) is -1.27. The van der Waals surface area contributed by atoms with Crippen molar-refractivity contribution in [2.24, 2.45) is 0 Å². The number of anilines is 1. The molecule has 0 aliphatic heterocycles. The summed E-state index contributed by atoms with van der Waals surface area (Å²) in [6.45, 7) is 6.09. The van der Waals surface area contributed by atoms with Crippen molar-refractivity contribution in [3.8, 4) is 0 Å². The molecule has 0 saturated carbocycles. The van der Waals surface area contributed by atoms with E-state index < -0.39 is 11.8 Å². The van der Waals surface area contributed by atoms with E-state index in [-0.39, 0.29) is 5.78 Å². The molecule has 5 nitrogen and oxygen atoms in total. The third-order valence-corrected chi connectivity index (χ3v) is 2.79. The Labute approximate surface area is 112 Å². The van der Waals surface area contributed by atoms with Crippen molar-refractivity contribution >= 4 is 23.3 Å². The summed E-state index contributed by atoms with van der Waals surface area (Å²) in [6.07, 6.45) is 0. The molecule has 0 unspecified atom stereocenters. The maximum Gasteiger partial charge on any atom is 0.313 e. The first kappa shape index (κ1) is 14.9. The second-order valence-electron chi connectivity index (χ2n) is 4.07. The van der Waals surface area contributed by atoms with Gasteiger partial charge in [-0.15, -0.1) is 0 Å². The zero-order valence-electron chi connectivity index (χ0n) is 11.4. The molecule has 0 radical (unpaired) electrons. The van der Waals surface area contributed by atoms with Gasteiger partial charge >= 0.3 is 11.8 Å². The number of nitrogens with zero attached hydrogens (tertiary/aromatic N) is 1. The summed E-state index contributed by atoms with van der Waals surface area (Å²) in [5, 5.41) is 2.52. The van der Waals surface area contributed by atoms with Crippen molar-refractivity contribution in [2.75, 3.05) is 18.4 Å². The Balaban J connectivity index is 2.71. The summed E-state index contributed by atoms with van der Waals surface area (Å²) in [4.78, 5) is 36.0. The topological polar surface area (TPSA) is 66.5 Å². The highest BCUT2D eigenvalue weighted by atomic mass is 16.2. The molecule has 0 aromatic heterocycles. The van der Waals surface area contributed by atoms with Crippen LogP contribution in [0.2, 0.25) is 0 Å². The normalized spacial score (nSPS) is 9.84. The van der Waals surface area contributed by atoms with Crippen LogP contribution in [0.15, 0.2) is 24.3 Å². The van der Waals surface area contributed by atoms with E-state index in [9.17, 15) is 14.4 Å². The van der Waals surface area contributed by atoms with E-state index in [0.29, 0.717) is 24.3 Å². The first-order valence-electron chi connectivity index (χ1n) is 6.20. The van der Waals surface area contributed by atoms with Crippen molar-refractivity contribution < 1.29 is 14.4 Å². The molecule has 0 fully saturated rings. The van der Waals surface area contributed by atoms with Gasteiger partial charge in [-0.05, 0) is 45.0 Å². The Morgan fingerprint density at radius 3 is 2.00 bits per heavy atom. The fraction of sp³-hybridized carbons (Fsp3) is 0.357. The minimum Gasteiger partial charge on any atom is -0.335 e. The fourth-order valence-electron chi connectivity index (χ4n) is 1.63. The van der Waals surface area contributed by atoms with Gasteiger partial charge in [-0.1, -0.05) is 0 Å². The van der Waals surface area contributed by atoms with Gasteiger partial charge in [0.15, 0.2) is 5.78 Å². The molecular formula is C14H18N2O3. The van der Waals surface area contributed by atoms with Crippen LogP contribution in [0.3, 0.4) is 0 Å². The van der Waals surface area contributed by atoms with Gasteiger partial charge in [-0.25, -0.2) is 0 Å². The van der Waals surface area contributed by atoms with Crippen LogP contribution in [-0.4, -0.2) is 35.6 Å². The molecule has 0 heterocycles. The van der Waals surface area contributed by atoms with Crippen LogP contribution in [0.5, 0.6) is 0 Å². The summed E-state index contributed by atoms with van der Waals surface area (Å²) in [7, 11) is 0. The number of carbonyl (C=O) groups excluding carboxylic acids is 3. The molecular weight excluding hydrogens is 244 g/mol. The average Bonchev–Trinajstić information content (AvgIpc) is 2.40. The number of benzene rings is 1. The first-order valence-corrected chi connectivity index (χ1v) is 6.20. The molecule has 1 aromatic rings. The third-order valence-electron chi connectivity index (χ3n) is 2.79. The van der Waals surface area contributed by atoms with Crippen molar-refractivity contribution in [2.45, 2.75) is 20.8 Å². The van der Waals surface area contributed by atoms with Crippen LogP contribution in [0.1, 0.15) is 31.1 Å². The molecule has 2 amide bonds. The van der Waals surface area contributed by atoms with E-state index >= 15 is 0 Å². The fourth-order valence-corrected chi connectivity index (χ4v) is 1.63. The second-order valence-corrected chi connectivity index (χ2v) is 4.07. The molecule has 5 heteroatoms. The lowest BCUT2D eigenvalue weighted by Crippen LogP contribution is -2.39. The SMILES string of the molecule is CCN(CC)C(=O)C(=O)Nc1ccc(C(C)=O)cc1. The minimum atomic E-state index is -0.667. The monoisotopic (exact) mass is 262 g/mol. The lowest BCUT2D eigenvalue weighted by molar-refractivity contribution is -0.142. The number of Topliss-reactive ketones (excluding diaryl/α,β-unsaturated/α-hetero) is 1. The Morgan fingerprint density at radius 1 is 1.05 bits per heavy atom. The Hall–Kier alpha value is -2.17. The Morgan fingerprint density at radius 2 is 1.58 bits per heavy atom. The summed E-state index contributed by atoms with van der Waals surface area (Å²) >= 11 is 0. The van der Waals surface area contributed by atoms with E-state index in [2.05, 4.69) is 5.32 Å². The van der Waals surface area contributed by atoms with Crippen molar-refractivity contribution in [1.29, 1.82) is 0 Å². The lowest BCUT2D eigenvalue weighted by atomic mass is 10.1. The van der Waals surface area contributed by atoms with Gasteiger partial charge < -0.3 is 10.2 Å². The maximum absolute atomic E-state index is 11.7. The molecule has 0 spiro atoms. The smallest absolute Gasteiger partial charge is 0.313 e. The van der Waals surface area contributed by atoms with Crippen molar-refractivity contribution in [1.82, 2.24) is 4.90 Å². The van der Waals surface area contributed by atoms with E-state index in [1.807, 2.05) is 13.8 Å². The molecule has 102 valence electrons. The van der Waals surface area contributed by atoms with Gasteiger partial charge in [0.1, 0.15) is 0 Å². The van der Waals surface area contributed by atoms with Crippen LogP contribution < -0.4 is 5.32 Å². The highest BCUT2D eigenvalue weighted by Crippen LogP contribution is 2.10. The van der Waals surface area contributed by atoms with Gasteiger partial charge in [0.25, 0.3) is 0 Å². The number of hydrogen-bond donors (Lipinski definition) is 1. The molecule has 1 aromatic carbocycles. The minimum absolute atomic E-state index is 0.0444. The average molecular weight is 262 g/mol. The molecule has 0 atom stereocenters. The molecule has 0 aliphatic carbocycles. The van der Waals surface area contributed by atoms with Gasteiger partial charge in [0.05, 0.1) is 0 Å². The van der Waals surface area contributed by atoms with Crippen LogP contribution in [-0.2, 0) is 9.59 Å². The van der Waals surface area contributed by atoms with Crippen LogP contribution in [0.4, 0.5) is 5.69 Å². The van der Waals surface area contributed by atoms with E-state index in [1.165, 1.54) is 11.8 Å². The summed E-state index contributed by atoms with van der Waals surface area (Å²) in [5.41, 5.74) is 1.06. The number of nitrogens with one attached hydrogen (secondary N) is 1. The largest absolute Gasteiger partial charge is 0.335 e. The Bertz CT molecular complexity index is 476. The number of carbonyl (C=O) groups is 3. The highest BCUT2D eigenvalue weighted by molar-refractivity contribution is 6.39. The number of amides is 2. The number of likely N-dealkylation sites (N-methyl/N-ethyl adjacent to an activating group) is 1. The zero-order chi connectivity index (χ0) is 14.4.